The highest BCUT2D eigenvalue weighted by atomic mass is 19.1. The molecule has 28 heavy (non-hydrogen) atoms. The molecule has 0 atom stereocenters. The molecule has 1 aromatic heterocycles. The molecule has 0 aliphatic heterocycles. The Morgan fingerprint density at radius 2 is 1.50 bits per heavy atom. The molecule has 0 amide bonds. The van der Waals surface area contributed by atoms with Gasteiger partial charge in [-0.15, -0.1) is 0 Å². The molecule has 0 radical (unpaired) electrons. The third-order valence-corrected chi connectivity index (χ3v) is 5.25. The Kier molecular flexibility index (Phi) is 3.52. The third kappa shape index (κ3) is 2.40. The van der Waals surface area contributed by atoms with E-state index in [2.05, 4.69) is 0 Å². The van der Waals surface area contributed by atoms with E-state index in [0.29, 0.717) is 29.1 Å². The smallest absolute Gasteiger partial charge is 0.245 e. The van der Waals surface area contributed by atoms with Crippen molar-refractivity contribution in [3.8, 4) is 0 Å². The summed E-state index contributed by atoms with van der Waals surface area (Å²) >= 11 is 0. The zero-order valence-electron chi connectivity index (χ0n) is 15.1. The van der Waals surface area contributed by atoms with Crippen molar-refractivity contribution < 1.29 is 18.5 Å². The van der Waals surface area contributed by atoms with Crippen molar-refractivity contribution >= 4 is 22.3 Å². The van der Waals surface area contributed by atoms with E-state index in [1.54, 1.807) is 46.8 Å². The minimum atomic E-state index is -0.309. The van der Waals surface area contributed by atoms with E-state index >= 15 is 0 Å². The van der Waals surface area contributed by atoms with Crippen LogP contribution in [0.3, 0.4) is 0 Å². The summed E-state index contributed by atoms with van der Waals surface area (Å²) in [5.41, 5.74) is 2.47. The lowest BCUT2D eigenvalue weighted by Crippen LogP contribution is -2.36. The number of benzene rings is 3. The Hall–Kier alpha value is -3.60. The number of rotatable bonds is 2. The van der Waals surface area contributed by atoms with Crippen LogP contribution in [0.15, 0.2) is 67.0 Å². The standard InChI is InChI=1S/C23H16FN2O2/c1-25-13-26(12-14-6-8-17(24)9-7-14)21-20(25)22(27)18-10-15-4-2-3-5-16(15)11-19(18)23(21)28/h2-11,13H,12H2,1H3/q+1. The van der Waals surface area contributed by atoms with Gasteiger partial charge >= 0.3 is 0 Å². The van der Waals surface area contributed by atoms with Gasteiger partial charge in [0.05, 0.1) is 7.05 Å². The maximum Gasteiger partial charge on any atom is 0.245 e. The van der Waals surface area contributed by atoms with Gasteiger partial charge in [-0.1, -0.05) is 36.4 Å². The molecule has 136 valence electrons. The highest BCUT2D eigenvalue weighted by molar-refractivity contribution is 6.27. The fraction of sp³-hybridized carbons (Fsp3) is 0.0870. The third-order valence-electron chi connectivity index (χ3n) is 5.25. The number of nitrogens with zero attached hydrogens (tertiary/aromatic N) is 2. The molecular formula is C23H16FN2O2+. The lowest BCUT2D eigenvalue weighted by atomic mass is 9.87. The van der Waals surface area contributed by atoms with Crippen LogP contribution in [0.25, 0.3) is 10.8 Å². The number of aromatic nitrogens is 2. The molecule has 0 saturated carbocycles. The van der Waals surface area contributed by atoms with Gasteiger partial charge in [0.15, 0.2) is 0 Å². The highest BCUT2D eigenvalue weighted by Crippen LogP contribution is 2.30. The van der Waals surface area contributed by atoms with Crippen molar-refractivity contribution in [2.24, 2.45) is 7.05 Å². The predicted molar refractivity (Wildman–Crippen MR) is 102 cm³/mol. The first-order valence-electron chi connectivity index (χ1n) is 8.98. The van der Waals surface area contributed by atoms with Crippen LogP contribution in [-0.4, -0.2) is 16.1 Å². The van der Waals surface area contributed by atoms with E-state index in [0.717, 1.165) is 16.3 Å². The van der Waals surface area contributed by atoms with Crippen LogP contribution in [0.5, 0.6) is 0 Å². The van der Waals surface area contributed by atoms with E-state index in [4.69, 9.17) is 0 Å². The van der Waals surface area contributed by atoms with E-state index in [9.17, 15) is 14.0 Å². The van der Waals surface area contributed by atoms with Crippen molar-refractivity contribution in [2.45, 2.75) is 6.54 Å². The summed E-state index contributed by atoms with van der Waals surface area (Å²) in [6, 6.07) is 17.4. The maximum absolute atomic E-state index is 13.3. The zero-order chi connectivity index (χ0) is 19.4. The second kappa shape index (κ2) is 5.96. The average molecular weight is 371 g/mol. The van der Waals surface area contributed by atoms with Crippen molar-refractivity contribution in [3.05, 3.63) is 101 Å². The monoisotopic (exact) mass is 371 g/mol. The Balaban J connectivity index is 1.67. The van der Waals surface area contributed by atoms with Gasteiger partial charge in [-0.3, -0.25) is 9.59 Å². The minimum absolute atomic E-state index is 0.157. The number of ketones is 2. The summed E-state index contributed by atoms with van der Waals surface area (Å²) < 4.78 is 16.7. The summed E-state index contributed by atoms with van der Waals surface area (Å²) in [7, 11) is 1.76. The largest absolute Gasteiger partial charge is 0.284 e. The topological polar surface area (TPSA) is 43.0 Å². The van der Waals surface area contributed by atoms with E-state index in [-0.39, 0.29) is 17.4 Å². The summed E-state index contributed by atoms with van der Waals surface area (Å²) in [6.45, 7) is 0.380. The van der Waals surface area contributed by atoms with Crippen molar-refractivity contribution in [1.82, 2.24) is 4.57 Å². The Labute approximate surface area is 160 Å². The van der Waals surface area contributed by atoms with Crippen LogP contribution >= 0.6 is 0 Å². The summed E-state index contributed by atoms with van der Waals surface area (Å²) in [4.78, 5) is 26.5. The first kappa shape index (κ1) is 16.6. The lowest BCUT2D eigenvalue weighted by molar-refractivity contribution is -0.672. The number of hydrogen-bond donors (Lipinski definition) is 0. The first-order chi connectivity index (χ1) is 13.5. The van der Waals surface area contributed by atoms with Gasteiger partial charge < -0.3 is 0 Å². The van der Waals surface area contributed by atoms with Crippen LogP contribution in [0, 0.1) is 5.82 Å². The fourth-order valence-corrected chi connectivity index (χ4v) is 3.91. The van der Waals surface area contributed by atoms with Gasteiger partial charge in [0.1, 0.15) is 12.4 Å². The molecule has 0 bridgehead atoms. The number of carbonyl (C=O) groups is 2. The van der Waals surface area contributed by atoms with Gasteiger partial charge in [-0.05, 0) is 40.6 Å². The second-order valence-corrected chi connectivity index (χ2v) is 7.08. The number of hydrogen-bond acceptors (Lipinski definition) is 2. The molecule has 4 aromatic rings. The number of aryl methyl sites for hydroxylation is 1. The number of halogens is 1. The molecule has 5 heteroatoms. The van der Waals surface area contributed by atoms with Crippen LogP contribution in [-0.2, 0) is 13.6 Å². The van der Waals surface area contributed by atoms with Gasteiger partial charge in [0.2, 0.25) is 29.3 Å². The van der Waals surface area contributed by atoms with Crippen molar-refractivity contribution in [3.63, 3.8) is 0 Å². The summed E-state index contributed by atoms with van der Waals surface area (Å²) in [5.74, 6) is -0.635. The van der Waals surface area contributed by atoms with Gasteiger partial charge in [0.25, 0.3) is 0 Å². The van der Waals surface area contributed by atoms with Crippen molar-refractivity contribution in [1.29, 1.82) is 0 Å². The van der Waals surface area contributed by atoms with E-state index in [1.807, 2.05) is 24.3 Å². The molecular weight excluding hydrogens is 355 g/mol. The minimum Gasteiger partial charge on any atom is -0.284 e. The quantitative estimate of drug-likeness (QED) is 0.446. The molecule has 1 aliphatic carbocycles. The molecule has 0 spiro atoms. The molecule has 0 unspecified atom stereocenters. The van der Waals surface area contributed by atoms with Crippen LogP contribution in [0.4, 0.5) is 4.39 Å². The SMILES string of the molecule is C[n+]1cn(Cc2ccc(F)cc2)c2c1C(=O)c1cc3ccccc3cc1C2=O. The number of imidazole rings is 1. The van der Waals surface area contributed by atoms with Gasteiger partial charge in [-0.2, -0.15) is 0 Å². The molecule has 4 nitrogen and oxygen atoms in total. The first-order valence-corrected chi connectivity index (χ1v) is 8.98. The molecule has 1 heterocycles. The van der Waals surface area contributed by atoms with Gasteiger partial charge in [0, 0.05) is 11.1 Å². The normalized spacial score (nSPS) is 12.9. The molecule has 0 saturated heterocycles. The number of carbonyl (C=O) groups excluding carboxylic acids is 2. The second-order valence-electron chi connectivity index (χ2n) is 7.08. The predicted octanol–water partition coefficient (Wildman–Crippen LogP) is 3.43. The van der Waals surface area contributed by atoms with Gasteiger partial charge in [-0.25, -0.2) is 13.5 Å². The average Bonchev–Trinajstić information content (AvgIpc) is 3.03. The molecule has 5 rings (SSSR count). The highest BCUT2D eigenvalue weighted by Gasteiger charge is 2.40. The maximum atomic E-state index is 13.3. The summed E-state index contributed by atoms with van der Waals surface area (Å²) in [6.07, 6.45) is 1.75. The molecule has 0 fully saturated rings. The molecule has 1 aliphatic rings. The molecule has 0 N–H and O–H groups in total. The zero-order valence-corrected chi connectivity index (χ0v) is 15.1. The van der Waals surface area contributed by atoms with E-state index < -0.39 is 0 Å². The van der Waals surface area contributed by atoms with Crippen LogP contribution in [0.1, 0.15) is 37.7 Å². The Morgan fingerprint density at radius 1 is 0.893 bits per heavy atom. The Morgan fingerprint density at radius 3 is 2.14 bits per heavy atom. The van der Waals surface area contributed by atoms with Crippen LogP contribution < -0.4 is 4.57 Å². The lowest BCUT2D eigenvalue weighted by Gasteiger charge is -2.14. The Bertz CT molecular complexity index is 1290. The van der Waals surface area contributed by atoms with Crippen LogP contribution in [0.2, 0.25) is 0 Å². The van der Waals surface area contributed by atoms with E-state index in [1.165, 1.54) is 12.1 Å². The number of fused-ring (bicyclic) bond motifs is 3. The molecule has 3 aromatic carbocycles. The van der Waals surface area contributed by atoms with Crippen molar-refractivity contribution in [2.75, 3.05) is 0 Å². The summed E-state index contributed by atoms with van der Waals surface area (Å²) in [5, 5.41) is 1.85. The fourth-order valence-electron chi connectivity index (χ4n) is 3.91.